The Bertz CT molecular complexity index is 510. The highest BCUT2D eigenvalue weighted by Crippen LogP contribution is 2.18. The van der Waals surface area contributed by atoms with E-state index in [0.717, 1.165) is 37.3 Å². The standard InChI is InChI=1S/C19H32N4S/c1-16-7-10-23(11-8-16)15-18-6-4-5-17(13-18)14-22-19(20-2)21-9-12-24-3/h4-6,13,16H,7-12,14-15H2,1-3H3,(H2,20,21,22). The highest BCUT2D eigenvalue weighted by atomic mass is 32.2. The lowest BCUT2D eigenvalue weighted by molar-refractivity contribution is 0.185. The lowest BCUT2D eigenvalue weighted by Gasteiger charge is -2.30. The second-order valence-electron chi connectivity index (χ2n) is 6.62. The van der Waals surface area contributed by atoms with Crippen LogP contribution in [0.25, 0.3) is 0 Å². The van der Waals surface area contributed by atoms with Gasteiger partial charge in [-0.25, -0.2) is 0 Å². The molecule has 24 heavy (non-hydrogen) atoms. The topological polar surface area (TPSA) is 39.7 Å². The molecule has 2 N–H and O–H groups in total. The van der Waals surface area contributed by atoms with E-state index in [0.29, 0.717) is 0 Å². The van der Waals surface area contributed by atoms with Crippen LogP contribution >= 0.6 is 11.8 Å². The predicted molar refractivity (Wildman–Crippen MR) is 107 cm³/mol. The fourth-order valence-electron chi connectivity index (χ4n) is 2.99. The van der Waals surface area contributed by atoms with Crippen LogP contribution in [0.4, 0.5) is 0 Å². The number of likely N-dealkylation sites (tertiary alicyclic amines) is 1. The number of benzene rings is 1. The monoisotopic (exact) mass is 348 g/mol. The van der Waals surface area contributed by atoms with E-state index < -0.39 is 0 Å². The quantitative estimate of drug-likeness (QED) is 0.451. The van der Waals surface area contributed by atoms with Crippen molar-refractivity contribution in [3.63, 3.8) is 0 Å². The van der Waals surface area contributed by atoms with Crippen molar-refractivity contribution in [1.29, 1.82) is 0 Å². The van der Waals surface area contributed by atoms with Crippen LogP contribution in [0, 0.1) is 5.92 Å². The molecule has 134 valence electrons. The fraction of sp³-hybridized carbons (Fsp3) is 0.632. The van der Waals surface area contributed by atoms with Crippen LogP contribution in [0.1, 0.15) is 30.9 Å². The van der Waals surface area contributed by atoms with Crippen molar-refractivity contribution in [1.82, 2.24) is 15.5 Å². The van der Waals surface area contributed by atoms with Crippen LogP contribution in [-0.4, -0.2) is 49.6 Å². The Morgan fingerprint density at radius 2 is 2.00 bits per heavy atom. The molecule has 0 atom stereocenters. The number of rotatable bonds is 7. The molecule has 5 heteroatoms. The minimum Gasteiger partial charge on any atom is -0.356 e. The first kappa shape index (κ1) is 19.1. The number of guanidine groups is 1. The molecule has 1 aromatic rings. The van der Waals surface area contributed by atoms with Crippen molar-refractivity contribution >= 4 is 17.7 Å². The summed E-state index contributed by atoms with van der Waals surface area (Å²) in [6, 6.07) is 8.92. The van der Waals surface area contributed by atoms with E-state index in [-0.39, 0.29) is 0 Å². The van der Waals surface area contributed by atoms with Crippen LogP contribution in [0.5, 0.6) is 0 Å². The van der Waals surface area contributed by atoms with Gasteiger partial charge >= 0.3 is 0 Å². The first-order chi connectivity index (χ1) is 11.7. The number of nitrogens with one attached hydrogen (secondary N) is 2. The molecule has 1 fully saturated rings. The van der Waals surface area contributed by atoms with Gasteiger partial charge in [0.1, 0.15) is 0 Å². The predicted octanol–water partition coefficient (Wildman–Crippen LogP) is 2.95. The van der Waals surface area contributed by atoms with Crippen molar-refractivity contribution < 1.29 is 0 Å². The third-order valence-electron chi connectivity index (χ3n) is 4.56. The molecular formula is C19H32N4S. The third kappa shape index (κ3) is 6.73. The molecule has 0 unspecified atom stereocenters. The Morgan fingerprint density at radius 1 is 1.25 bits per heavy atom. The van der Waals surface area contributed by atoms with E-state index in [9.17, 15) is 0 Å². The molecule has 1 aliphatic heterocycles. The van der Waals surface area contributed by atoms with Gasteiger partial charge in [0, 0.05) is 32.4 Å². The second kappa shape index (κ2) is 10.6. The highest BCUT2D eigenvalue weighted by Gasteiger charge is 2.15. The first-order valence-corrected chi connectivity index (χ1v) is 10.3. The van der Waals surface area contributed by atoms with E-state index in [1.165, 1.54) is 37.1 Å². The zero-order chi connectivity index (χ0) is 17.2. The molecule has 2 rings (SSSR count). The van der Waals surface area contributed by atoms with E-state index in [1.807, 2.05) is 18.8 Å². The van der Waals surface area contributed by atoms with Crippen LogP contribution in [-0.2, 0) is 13.1 Å². The molecule has 1 heterocycles. The summed E-state index contributed by atoms with van der Waals surface area (Å²) in [4.78, 5) is 6.85. The highest BCUT2D eigenvalue weighted by molar-refractivity contribution is 7.98. The molecule has 0 aromatic heterocycles. The van der Waals surface area contributed by atoms with Crippen LogP contribution in [0.15, 0.2) is 29.3 Å². The number of nitrogens with zero attached hydrogens (tertiary/aromatic N) is 2. The third-order valence-corrected chi connectivity index (χ3v) is 5.17. The summed E-state index contributed by atoms with van der Waals surface area (Å²) in [5.74, 6) is 2.85. The average Bonchev–Trinajstić information content (AvgIpc) is 2.60. The van der Waals surface area contributed by atoms with Gasteiger partial charge in [-0.3, -0.25) is 9.89 Å². The Labute approximate surface area is 151 Å². The van der Waals surface area contributed by atoms with Gasteiger partial charge in [0.15, 0.2) is 5.96 Å². The molecule has 0 amide bonds. The number of hydrogen-bond acceptors (Lipinski definition) is 3. The molecule has 1 aliphatic rings. The van der Waals surface area contributed by atoms with Gasteiger partial charge in [-0.1, -0.05) is 31.2 Å². The first-order valence-electron chi connectivity index (χ1n) is 8.95. The van der Waals surface area contributed by atoms with Gasteiger partial charge in [0.2, 0.25) is 0 Å². The Kier molecular flexibility index (Phi) is 8.47. The Morgan fingerprint density at radius 3 is 2.71 bits per heavy atom. The van der Waals surface area contributed by atoms with Gasteiger partial charge in [-0.05, 0) is 49.2 Å². The van der Waals surface area contributed by atoms with Crippen molar-refractivity contribution in [3.05, 3.63) is 35.4 Å². The molecule has 4 nitrogen and oxygen atoms in total. The van der Waals surface area contributed by atoms with Gasteiger partial charge in [-0.2, -0.15) is 11.8 Å². The zero-order valence-corrected chi connectivity index (χ0v) is 16.2. The van der Waals surface area contributed by atoms with Gasteiger partial charge < -0.3 is 10.6 Å². The van der Waals surface area contributed by atoms with E-state index in [4.69, 9.17) is 0 Å². The van der Waals surface area contributed by atoms with Gasteiger partial charge in [0.25, 0.3) is 0 Å². The molecular weight excluding hydrogens is 316 g/mol. The molecule has 1 saturated heterocycles. The van der Waals surface area contributed by atoms with Crippen molar-refractivity contribution in [2.45, 2.75) is 32.9 Å². The molecule has 0 aliphatic carbocycles. The van der Waals surface area contributed by atoms with Crippen LogP contribution in [0.2, 0.25) is 0 Å². The van der Waals surface area contributed by atoms with E-state index in [2.05, 4.69) is 58.0 Å². The normalized spacial score (nSPS) is 17.0. The van der Waals surface area contributed by atoms with Gasteiger partial charge in [-0.15, -0.1) is 0 Å². The molecule has 0 bridgehead atoms. The van der Waals surface area contributed by atoms with Crippen molar-refractivity contribution in [2.75, 3.05) is 38.7 Å². The Hall–Kier alpha value is -1.20. The maximum Gasteiger partial charge on any atom is 0.191 e. The van der Waals surface area contributed by atoms with Crippen molar-refractivity contribution in [3.8, 4) is 0 Å². The minimum absolute atomic E-state index is 0.809. The minimum atomic E-state index is 0.809. The number of hydrogen-bond donors (Lipinski definition) is 2. The fourth-order valence-corrected chi connectivity index (χ4v) is 3.30. The summed E-state index contributed by atoms with van der Waals surface area (Å²) in [5, 5.41) is 6.73. The number of aliphatic imine (C=N–C) groups is 1. The maximum absolute atomic E-state index is 4.27. The average molecular weight is 349 g/mol. The summed E-state index contributed by atoms with van der Waals surface area (Å²) in [6.07, 6.45) is 4.78. The summed E-state index contributed by atoms with van der Waals surface area (Å²) < 4.78 is 0. The molecule has 0 spiro atoms. The zero-order valence-electron chi connectivity index (χ0n) is 15.3. The SMILES string of the molecule is CN=C(NCCSC)NCc1cccc(CN2CCC(C)CC2)c1. The lowest BCUT2D eigenvalue weighted by Crippen LogP contribution is -2.38. The maximum atomic E-state index is 4.27. The summed E-state index contributed by atoms with van der Waals surface area (Å²) in [7, 11) is 1.82. The summed E-state index contributed by atoms with van der Waals surface area (Å²) >= 11 is 1.84. The van der Waals surface area contributed by atoms with Crippen molar-refractivity contribution in [2.24, 2.45) is 10.9 Å². The molecule has 0 radical (unpaired) electrons. The van der Waals surface area contributed by atoms with Crippen LogP contribution < -0.4 is 10.6 Å². The largest absolute Gasteiger partial charge is 0.356 e. The number of thioether (sulfide) groups is 1. The second-order valence-corrected chi connectivity index (χ2v) is 7.61. The van der Waals surface area contributed by atoms with E-state index in [1.54, 1.807) is 0 Å². The van der Waals surface area contributed by atoms with Gasteiger partial charge in [0.05, 0.1) is 0 Å². The molecule has 1 aromatic carbocycles. The van der Waals surface area contributed by atoms with E-state index >= 15 is 0 Å². The summed E-state index contributed by atoms with van der Waals surface area (Å²) in [6.45, 7) is 7.65. The summed E-state index contributed by atoms with van der Waals surface area (Å²) in [5.41, 5.74) is 2.72. The van der Waals surface area contributed by atoms with Crippen LogP contribution in [0.3, 0.4) is 0 Å². The molecule has 0 saturated carbocycles. The number of piperidine rings is 1. The lowest BCUT2D eigenvalue weighted by atomic mass is 9.98. The smallest absolute Gasteiger partial charge is 0.191 e. The Balaban J connectivity index is 1.81.